The van der Waals surface area contributed by atoms with Gasteiger partial charge in [-0.3, -0.25) is 14.9 Å². The van der Waals surface area contributed by atoms with Gasteiger partial charge in [0.05, 0.1) is 17.1 Å². The molecule has 0 saturated heterocycles. The van der Waals surface area contributed by atoms with Crippen molar-refractivity contribution in [3.63, 3.8) is 0 Å². The van der Waals surface area contributed by atoms with Crippen LogP contribution >= 0.6 is 0 Å². The molecule has 30 heavy (non-hydrogen) atoms. The summed E-state index contributed by atoms with van der Waals surface area (Å²) in [6, 6.07) is 9.57. The van der Waals surface area contributed by atoms with Gasteiger partial charge in [-0.1, -0.05) is 26.0 Å². The summed E-state index contributed by atoms with van der Waals surface area (Å²) in [6.07, 6.45) is 1.46. The highest BCUT2D eigenvalue weighted by molar-refractivity contribution is 6.02. The number of hydrogen-bond acceptors (Lipinski definition) is 7. The van der Waals surface area contributed by atoms with Gasteiger partial charge in [-0.05, 0) is 36.1 Å². The molecule has 0 spiro atoms. The molecule has 0 radical (unpaired) electrons. The average molecular weight is 414 g/mol. The number of nitrogens with one attached hydrogen (secondary N) is 1. The van der Waals surface area contributed by atoms with Crippen molar-refractivity contribution in [3.05, 3.63) is 68.8 Å². The van der Waals surface area contributed by atoms with E-state index in [0.717, 1.165) is 23.6 Å². The van der Waals surface area contributed by atoms with E-state index >= 15 is 0 Å². The lowest BCUT2D eigenvalue weighted by Gasteiger charge is -2.12. The summed E-state index contributed by atoms with van der Waals surface area (Å²) in [5.74, 6) is -1.12. The lowest BCUT2D eigenvalue weighted by atomic mass is 9.98. The molecule has 0 fully saturated rings. The number of nitrogens with zero attached hydrogens (tertiary/aromatic N) is 1. The summed E-state index contributed by atoms with van der Waals surface area (Å²) >= 11 is 0. The number of rotatable bonds is 11. The normalized spacial score (nSPS) is 10.5. The number of anilines is 1. The Morgan fingerprint density at radius 1 is 1.07 bits per heavy atom. The minimum absolute atomic E-state index is 0.00822. The summed E-state index contributed by atoms with van der Waals surface area (Å²) in [5, 5.41) is 14.1. The molecule has 8 heteroatoms. The van der Waals surface area contributed by atoms with Gasteiger partial charge in [0.1, 0.15) is 0 Å². The second kappa shape index (κ2) is 11.1. The van der Waals surface area contributed by atoms with Crippen LogP contribution in [0.1, 0.15) is 45.7 Å². The largest absolute Gasteiger partial charge is 0.454 e. The van der Waals surface area contributed by atoms with E-state index in [1.54, 1.807) is 0 Å². The molecule has 8 nitrogen and oxygen atoms in total. The number of carbonyl (C=O) groups excluding carboxylic acids is 2. The second-order valence-corrected chi connectivity index (χ2v) is 6.60. The van der Waals surface area contributed by atoms with E-state index in [9.17, 15) is 19.7 Å². The number of non-ortho nitro benzene ring substituents is 1. The zero-order valence-electron chi connectivity index (χ0n) is 17.4. The first-order chi connectivity index (χ1) is 14.4. The molecule has 2 rings (SSSR count). The van der Waals surface area contributed by atoms with Crippen LogP contribution in [0, 0.1) is 10.1 Å². The summed E-state index contributed by atoms with van der Waals surface area (Å²) in [6.45, 7) is 4.29. The number of Topliss-reactive ketones (excluding diaryl/α,β-unsaturated/α-hetero) is 1. The maximum Gasteiger partial charge on any atom is 0.340 e. The Balaban J connectivity index is 2.19. The highest BCUT2D eigenvalue weighted by atomic mass is 16.6. The van der Waals surface area contributed by atoms with Crippen molar-refractivity contribution in [3.8, 4) is 0 Å². The smallest absolute Gasteiger partial charge is 0.340 e. The molecule has 0 heterocycles. The first-order valence-electron chi connectivity index (χ1n) is 9.74. The zero-order chi connectivity index (χ0) is 22.1. The zero-order valence-corrected chi connectivity index (χ0v) is 17.4. The number of nitro benzene ring substituents is 1. The van der Waals surface area contributed by atoms with Gasteiger partial charge in [0.2, 0.25) is 5.78 Å². The van der Waals surface area contributed by atoms with Crippen LogP contribution in [-0.4, -0.2) is 43.5 Å². The van der Waals surface area contributed by atoms with E-state index in [4.69, 9.17) is 9.47 Å². The molecule has 160 valence electrons. The highest BCUT2D eigenvalue weighted by Gasteiger charge is 2.20. The Labute approximate surface area is 175 Å². The minimum atomic E-state index is -0.809. The molecule has 0 aliphatic rings. The SMILES string of the molecule is CCc1ccc(CC)c(C(=O)COC(=O)c2cc([N+](=O)[O-])ccc2NCCOC)c1. The van der Waals surface area contributed by atoms with Gasteiger partial charge in [-0.2, -0.15) is 0 Å². The lowest BCUT2D eigenvalue weighted by Crippen LogP contribution is -2.18. The Morgan fingerprint density at radius 2 is 1.83 bits per heavy atom. The van der Waals surface area contributed by atoms with Crippen LogP contribution in [0.15, 0.2) is 36.4 Å². The number of aryl methyl sites for hydroxylation is 2. The number of nitro groups is 1. The molecule has 2 aromatic rings. The molecule has 2 aromatic carbocycles. The summed E-state index contributed by atoms with van der Waals surface area (Å²) in [5.41, 5.74) is 2.55. The van der Waals surface area contributed by atoms with Gasteiger partial charge < -0.3 is 14.8 Å². The van der Waals surface area contributed by atoms with Crippen LogP contribution in [0.3, 0.4) is 0 Å². The Bertz CT molecular complexity index is 926. The molecular weight excluding hydrogens is 388 g/mol. The van der Waals surface area contributed by atoms with Crippen LogP contribution in [-0.2, 0) is 22.3 Å². The molecule has 0 aromatic heterocycles. The van der Waals surface area contributed by atoms with E-state index in [-0.39, 0.29) is 17.0 Å². The van der Waals surface area contributed by atoms with Gasteiger partial charge in [0.15, 0.2) is 6.61 Å². The monoisotopic (exact) mass is 414 g/mol. The topological polar surface area (TPSA) is 108 Å². The predicted octanol–water partition coefficient (Wildman–Crippen LogP) is 3.82. The number of hydrogen-bond donors (Lipinski definition) is 1. The number of ether oxygens (including phenoxy) is 2. The molecule has 0 aliphatic carbocycles. The van der Waals surface area contributed by atoms with Gasteiger partial charge >= 0.3 is 5.97 Å². The average Bonchev–Trinajstić information content (AvgIpc) is 2.76. The van der Waals surface area contributed by atoms with Gasteiger partial charge in [0.25, 0.3) is 5.69 Å². The molecule has 0 saturated carbocycles. The van der Waals surface area contributed by atoms with E-state index < -0.39 is 17.5 Å². The third-order valence-electron chi connectivity index (χ3n) is 4.65. The summed E-state index contributed by atoms with van der Waals surface area (Å²) < 4.78 is 10.2. The second-order valence-electron chi connectivity index (χ2n) is 6.60. The van der Waals surface area contributed by atoms with Crippen molar-refractivity contribution in [1.82, 2.24) is 0 Å². The fraction of sp³-hybridized carbons (Fsp3) is 0.364. The van der Waals surface area contributed by atoms with Gasteiger partial charge in [0, 0.05) is 37.0 Å². The van der Waals surface area contributed by atoms with E-state index in [1.165, 1.54) is 19.2 Å². The van der Waals surface area contributed by atoms with Crippen molar-refractivity contribution in [1.29, 1.82) is 0 Å². The van der Waals surface area contributed by atoms with Crippen molar-refractivity contribution >= 4 is 23.1 Å². The third kappa shape index (κ3) is 5.87. The van der Waals surface area contributed by atoms with Crippen molar-refractivity contribution in [2.75, 3.05) is 32.2 Å². The highest BCUT2D eigenvalue weighted by Crippen LogP contribution is 2.23. The van der Waals surface area contributed by atoms with Crippen molar-refractivity contribution in [2.24, 2.45) is 0 Å². The summed E-state index contributed by atoms with van der Waals surface area (Å²) in [4.78, 5) is 35.8. The molecule has 0 amide bonds. The number of methoxy groups -OCH3 is 1. The van der Waals surface area contributed by atoms with Gasteiger partial charge in [-0.25, -0.2) is 4.79 Å². The van der Waals surface area contributed by atoms with Crippen molar-refractivity contribution < 1.29 is 24.0 Å². The maximum absolute atomic E-state index is 12.7. The van der Waals surface area contributed by atoms with Crippen molar-refractivity contribution in [2.45, 2.75) is 26.7 Å². The molecule has 0 unspecified atom stereocenters. The first-order valence-corrected chi connectivity index (χ1v) is 9.74. The maximum atomic E-state index is 12.7. The fourth-order valence-corrected chi connectivity index (χ4v) is 2.95. The van der Waals surface area contributed by atoms with E-state index in [0.29, 0.717) is 30.8 Å². The number of esters is 1. The molecule has 0 bridgehead atoms. The van der Waals surface area contributed by atoms with Crippen LogP contribution in [0.4, 0.5) is 11.4 Å². The van der Waals surface area contributed by atoms with Crippen LogP contribution < -0.4 is 5.32 Å². The third-order valence-corrected chi connectivity index (χ3v) is 4.65. The van der Waals surface area contributed by atoms with Crippen LogP contribution in [0.25, 0.3) is 0 Å². The Morgan fingerprint density at radius 3 is 2.47 bits per heavy atom. The molecule has 0 aliphatic heterocycles. The van der Waals surface area contributed by atoms with Crippen LogP contribution in [0.5, 0.6) is 0 Å². The quantitative estimate of drug-likeness (QED) is 0.196. The van der Waals surface area contributed by atoms with E-state index in [2.05, 4.69) is 5.32 Å². The molecular formula is C22H26N2O6. The van der Waals surface area contributed by atoms with E-state index in [1.807, 2.05) is 32.0 Å². The standard InChI is InChI=1S/C22H26N2O6/c1-4-15-6-7-16(5-2)18(12-15)21(25)14-30-22(26)19-13-17(24(27)28)8-9-20(19)23-10-11-29-3/h6-9,12-13,23H,4-5,10-11,14H2,1-3H3. The molecule has 0 atom stereocenters. The number of benzene rings is 2. The van der Waals surface area contributed by atoms with Crippen LogP contribution in [0.2, 0.25) is 0 Å². The number of ketones is 1. The lowest BCUT2D eigenvalue weighted by molar-refractivity contribution is -0.384. The number of carbonyl (C=O) groups is 2. The predicted molar refractivity (Wildman–Crippen MR) is 113 cm³/mol. The fourth-order valence-electron chi connectivity index (χ4n) is 2.95. The van der Waals surface area contributed by atoms with Gasteiger partial charge in [-0.15, -0.1) is 0 Å². The Kier molecular flexibility index (Phi) is 8.49. The first kappa shape index (κ1) is 23.0. The Hall–Kier alpha value is -3.26. The molecule has 1 N–H and O–H groups in total. The minimum Gasteiger partial charge on any atom is -0.454 e. The summed E-state index contributed by atoms with van der Waals surface area (Å²) in [7, 11) is 1.54.